The lowest BCUT2D eigenvalue weighted by Crippen LogP contribution is -2.67. The molecule has 0 spiro atoms. The molecule has 9 heteroatoms. The molecule has 0 heterocycles. The molecule has 5 aliphatic rings. The van der Waals surface area contributed by atoms with Gasteiger partial charge < -0.3 is 26.2 Å². The molecule has 5 N–H and O–H groups in total. The number of allylic oxidation sites excluding steroid dienone is 1. The van der Waals surface area contributed by atoms with Gasteiger partial charge in [0.1, 0.15) is 6.04 Å². The van der Waals surface area contributed by atoms with Crippen LogP contribution in [0.5, 0.6) is 0 Å². The number of hydrogen-bond donors (Lipinski definition) is 4. The largest absolute Gasteiger partial charge is 0.467 e. The van der Waals surface area contributed by atoms with E-state index in [0.29, 0.717) is 41.9 Å². The first-order valence-electron chi connectivity index (χ1n) is 21.7. The van der Waals surface area contributed by atoms with Crippen LogP contribution in [0.15, 0.2) is 12.2 Å². The second-order valence-electron chi connectivity index (χ2n) is 20.0. The normalized spacial score (nSPS) is 38.4. The fourth-order valence-electron chi connectivity index (χ4n) is 14.0. The van der Waals surface area contributed by atoms with Gasteiger partial charge in [-0.15, -0.1) is 0 Å². The highest BCUT2D eigenvalue weighted by atomic mass is 16.5. The maximum absolute atomic E-state index is 14.4. The smallest absolute Gasteiger partial charge is 0.328 e. The Morgan fingerprint density at radius 1 is 0.815 bits per heavy atom. The number of primary amides is 1. The zero-order valence-corrected chi connectivity index (χ0v) is 35.0. The van der Waals surface area contributed by atoms with E-state index in [0.717, 1.165) is 83.6 Å². The number of methoxy groups -OCH3 is 1. The Labute approximate surface area is 326 Å². The molecule has 306 valence electrons. The van der Waals surface area contributed by atoms with Crippen molar-refractivity contribution in [2.75, 3.05) is 13.7 Å². The molecule has 0 radical (unpaired) electrons. The van der Waals surface area contributed by atoms with Gasteiger partial charge in [0.15, 0.2) is 0 Å². The van der Waals surface area contributed by atoms with Gasteiger partial charge in [-0.1, -0.05) is 78.9 Å². The zero-order valence-electron chi connectivity index (χ0n) is 35.0. The van der Waals surface area contributed by atoms with Gasteiger partial charge in [0.2, 0.25) is 17.7 Å². The summed E-state index contributed by atoms with van der Waals surface area (Å²) in [5, 5.41) is 17.1. The number of carbonyl (C=O) groups excluding carboxylic acids is 4. The van der Waals surface area contributed by atoms with Crippen LogP contribution in [0, 0.1) is 56.7 Å². The van der Waals surface area contributed by atoms with Crippen LogP contribution in [-0.4, -0.2) is 54.6 Å². The Hall–Kier alpha value is -2.42. The number of aliphatic hydroxyl groups excluding tert-OH is 1. The minimum Gasteiger partial charge on any atom is -0.467 e. The lowest BCUT2D eigenvalue weighted by molar-refractivity contribution is -0.246. The van der Waals surface area contributed by atoms with E-state index >= 15 is 0 Å². The third kappa shape index (κ3) is 7.66. The molecule has 0 aromatic rings. The SMILES string of the molecule is C=C(C)[C@@H]1CC[C@]2(C(=O)NCCCCCCCCCC(=O)N[C@@H](CC(N)=O)C(=O)OC)CC[C@]3(C)[C@H](CC[C@@H]4[C@@]5(C)CC[C@H](O)C(C)(C)[C@@H]5CC[C@]43C)[C@@H]12. The van der Waals surface area contributed by atoms with E-state index < -0.39 is 17.9 Å². The number of nitrogens with two attached hydrogens (primary N) is 1. The van der Waals surface area contributed by atoms with Crippen molar-refractivity contribution in [3.63, 3.8) is 0 Å². The van der Waals surface area contributed by atoms with Crippen molar-refractivity contribution in [2.45, 2.75) is 176 Å². The molecule has 5 aliphatic carbocycles. The van der Waals surface area contributed by atoms with E-state index in [1.165, 1.54) is 38.4 Å². The van der Waals surface area contributed by atoms with Crippen LogP contribution in [0.4, 0.5) is 0 Å². The number of rotatable bonds is 16. The van der Waals surface area contributed by atoms with E-state index in [-0.39, 0.29) is 51.9 Å². The summed E-state index contributed by atoms with van der Waals surface area (Å²) < 4.78 is 4.66. The third-order valence-corrected chi connectivity index (χ3v) is 17.1. The van der Waals surface area contributed by atoms with Crippen molar-refractivity contribution < 1.29 is 29.0 Å². The van der Waals surface area contributed by atoms with Crippen LogP contribution in [0.25, 0.3) is 0 Å². The first-order valence-corrected chi connectivity index (χ1v) is 21.7. The molecule has 11 atom stereocenters. The topological polar surface area (TPSA) is 148 Å². The van der Waals surface area contributed by atoms with E-state index in [9.17, 15) is 24.3 Å². The molecule has 0 aromatic carbocycles. The molecular weight excluding hydrogens is 679 g/mol. The van der Waals surface area contributed by atoms with E-state index in [1.807, 2.05) is 0 Å². The first kappa shape index (κ1) is 42.7. The molecule has 0 unspecified atom stereocenters. The van der Waals surface area contributed by atoms with Crippen molar-refractivity contribution in [3.8, 4) is 0 Å². The minimum absolute atomic E-state index is 0.0447. The van der Waals surface area contributed by atoms with Crippen molar-refractivity contribution in [1.82, 2.24) is 10.6 Å². The van der Waals surface area contributed by atoms with Crippen LogP contribution >= 0.6 is 0 Å². The Morgan fingerprint density at radius 2 is 1.48 bits per heavy atom. The van der Waals surface area contributed by atoms with Crippen LogP contribution in [0.2, 0.25) is 0 Å². The molecule has 0 aliphatic heterocycles. The van der Waals surface area contributed by atoms with Gasteiger partial charge in [0.05, 0.1) is 25.0 Å². The van der Waals surface area contributed by atoms with Crippen LogP contribution in [-0.2, 0) is 23.9 Å². The highest BCUT2D eigenvalue weighted by Crippen LogP contribution is 2.77. The number of esters is 1. The molecule has 54 heavy (non-hydrogen) atoms. The number of ether oxygens (including phenoxy) is 1. The number of amides is 3. The monoisotopic (exact) mass is 754 g/mol. The molecule has 5 fully saturated rings. The molecule has 0 bridgehead atoms. The number of aliphatic hydroxyl groups is 1. The van der Waals surface area contributed by atoms with Crippen LogP contribution in [0.3, 0.4) is 0 Å². The Morgan fingerprint density at radius 3 is 2.13 bits per heavy atom. The predicted molar refractivity (Wildman–Crippen MR) is 213 cm³/mol. The zero-order chi connectivity index (χ0) is 39.7. The third-order valence-electron chi connectivity index (χ3n) is 17.1. The van der Waals surface area contributed by atoms with Crippen molar-refractivity contribution in [3.05, 3.63) is 12.2 Å². The summed E-state index contributed by atoms with van der Waals surface area (Å²) >= 11 is 0. The average Bonchev–Trinajstić information content (AvgIpc) is 3.51. The molecule has 0 aromatic heterocycles. The summed E-state index contributed by atoms with van der Waals surface area (Å²) in [7, 11) is 1.21. The van der Waals surface area contributed by atoms with E-state index in [2.05, 4.69) is 63.5 Å². The first-order chi connectivity index (χ1) is 25.4. The fourth-order valence-corrected chi connectivity index (χ4v) is 14.0. The highest BCUT2D eigenvalue weighted by molar-refractivity contribution is 5.89. The van der Waals surface area contributed by atoms with Gasteiger partial charge in [-0.25, -0.2) is 4.79 Å². The van der Waals surface area contributed by atoms with E-state index in [1.54, 1.807) is 0 Å². The quantitative estimate of drug-likeness (QED) is 0.0719. The van der Waals surface area contributed by atoms with Crippen LogP contribution in [0.1, 0.15) is 164 Å². The average molecular weight is 754 g/mol. The Balaban J connectivity index is 1.11. The number of fused-ring (bicyclic) bond motifs is 7. The summed E-state index contributed by atoms with van der Waals surface area (Å²) in [6.45, 7) is 20.0. The Kier molecular flexibility index (Phi) is 13.1. The molecule has 3 amide bonds. The van der Waals surface area contributed by atoms with Crippen LogP contribution < -0.4 is 16.4 Å². The summed E-state index contributed by atoms with van der Waals surface area (Å²) in [6.07, 6.45) is 17.8. The lowest BCUT2D eigenvalue weighted by atomic mass is 9.32. The molecule has 5 rings (SSSR count). The number of carbonyl (C=O) groups is 4. The van der Waals surface area contributed by atoms with Gasteiger partial charge >= 0.3 is 5.97 Å². The lowest BCUT2D eigenvalue weighted by Gasteiger charge is -2.72. The summed E-state index contributed by atoms with van der Waals surface area (Å²) in [5.74, 6) is 1.18. The number of nitrogens with one attached hydrogen (secondary N) is 2. The maximum Gasteiger partial charge on any atom is 0.328 e. The molecule has 5 saturated carbocycles. The van der Waals surface area contributed by atoms with E-state index in [4.69, 9.17) is 5.73 Å². The highest BCUT2D eigenvalue weighted by Gasteiger charge is 2.71. The van der Waals surface area contributed by atoms with Gasteiger partial charge in [-0.2, -0.15) is 0 Å². The summed E-state index contributed by atoms with van der Waals surface area (Å²) in [4.78, 5) is 49.8. The minimum atomic E-state index is -1.04. The number of unbranched alkanes of at least 4 members (excludes halogenated alkanes) is 6. The number of hydrogen-bond acceptors (Lipinski definition) is 6. The van der Waals surface area contributed by atoms with Gasteiger partial charge in [0.25, 0.3) is 0 Å². The molecule has 0 saturated heterocycles. The summed E-state index contributed by atoms with van der Waals surface area (Å²) in [5.41, 5.74) is 6.79. The van der Waals surface area contributed by atoms with Crippen molar-refractivity contribution in [1.29, 1.82) is 0 Å². The predicted octanol–water partition coefficient (Wildman–Crippen LogP) is 7.78. The van der Waals surface area contributed by atoms with Crippen molar-refractivity contribution in [2.24, 2.45) is 62.4 Å². The fraction of sp³-hybridized carbons (Fsp3) is 0.867. The second kappa shape index (κ2) is 16.6. The standard InChI is InChI=1S/C45H75N3O6/c1-29(2)30-19-24-45(40(53)47-27-15-13-11-9-10-12-14-16-37(51)48-32(28-36(46)50)39(52)54-8)26-25-43(6)31(38(30)45)17-18-34-42(5)22-21-35(49)41(3,4)33(42)20-23-44(34,43)7/h30-35,38,49H,1,9-28H2,2-8H3,(H2,46,50)(H,47,53)(H,48,51)/t30-,31+,32-,33-,34+,35-,38+,42-,43+,44+,45-/m0/s1. The molecular formula is C45H75N3O6. The van der Waals surface area contributed by atoms with Gasteiger partial charge in [-0.05, 0) is 135 Å². The molecule has 9 nitrogen and oxygen atoms in total. The van der Waals surface area contributed by atoms with Crippen molar-refractivity contribution >= 4 is 23.7 Å². The maximum atomic E-state index is 14.4. The van der Waals surface area contributed by atoms with Gasteiger partial charge in [0, 0.05) is 13.0 Å². The summed E-state index contributed by atoms with van der Waals surface area (Å²) in [6, 6.07) is -1.04. The van der Waals surface area contributed by atoms with Gasteiger partial charge in [-0.3, -0.25) is 14.4 Å². The second-order valence-corrected chi connectivity index (χ2v) is 20.0. The Bertz CT molecular complexity index is 1410.